The van der Waals surface area contributed by atoms with E-state index in [9.17, 15) is 9.90 Å². The van der Waals surface area contributed by atoms with E-state index in [1.54, 1.807) is 7.11 Å². The summed E-state index contributed by atoms with van der Waals surface area (Å²) in [5, 5.41) is 11.7. The molecule has 1 N–H and O–H groups in total. The van der Waals surface area contributed by atoms with Crippen LogP contribution in [0.4, 0.5) is 0 Å². The Kier molecular flexibility index (Phi) is 5.62. The van der Waals surface area contributed by atoms with Crippen LogP contribution in [0.3, 0.4) is 0 Å². The zero-order chi connectivity index (χ0) is 18.8. The minimum absolute atomic E-state index is 0.195. The zero-order valence-corrected chi connectivity index (χ0v) is 16.2. The second-order valence-corrected chi connectivity index (χ2v) is 8.21. The van der Waals surface area contributed by atoms with Gasteiger partial charge in [-0.15, -0.1) is 0 Å². The summed E-state index contributed by atoms with van der Waals surface area (Å²) in [4.78, 5) is 11.4. The lowest BCUT2D eigenvalue weighted by Gasteiger charge is -2.29. The summed E-state index contributed by atoms with van der Waals surface area (Å²) < 4.78 is 11.4. The van der Waals surface area contributed by atoms with Gasteiger partial charge in [0, 0.05) is 29.2 Å². The Morgan fingerprint density at radius 2 is 1.96 bits per heavy atom. The SMILES string of the molecule is CCC(C)(C)C(O)Cc1c(CC(C)(C)C=O)oc2ccc(OC)cc12. The van der Waals surface area contributed by atoms with Crippen LogP contribution in [0.15, 0.2) is 22.6 Å². The van der Waals surface area contributed by atoms with Crippen molar-refractivity contribution in [3.63, 3.8) is 0 Å². The zero-order valence-electron chi connectivity index (χ0n) is 16.2. The molecule has 4 nitrogen and oxygen atoms in total. The highest BCUT2D eigenvalue weighted by atomic mass is 16.5. The molecule has 0 fully saturated rings. The molecule has 2 aromatic rings. The summed E-state index contributed by atoms with van der Waals surface area (Å²) in [5.74, 6) is 1.52. The first-order chi connectivity index (χ1) is 11.6. The highest BCUT2D eigenvalue weighted by Crippen LogP contribution is 2.36. The van der Waals surface area contributed by atoms with Gasteiger partial charge in [-0.1, -0.05) is 34.6 Å². The number of rotatable bonds is 8. The van der Waals surface area contributed by atoms with Crippen molar-refractivity contribution in [2.45, 2.75) is 60.0 Å². The van der Waals surface area contributed by atoms with Gasteiger partial charge in [-0.2, -0.15) is 0 Å². The fraction of sp³-hybridized carbons (Fsp3) is 0.571. The first kappa shape index (κ1) is 19.5. The standard InChI is InChI=1S/C21H30O4/c1-7-21(4,5)19(23)11-16-15-10-14(24-6)8-9-17(15)25-18(16)12-20(2,3)13-22/h8-10,13,19,23H,7,11-12H2,1-6H3. The van der Waals surface area contributed by atoms with Gasteiger partial charge in [0.25, 0.3) is 0 Å². The largest absolute Gasteiger partial charge is 0.497 e. The van der Waals surface area contributed by atoms with Crippen LogP contribution >= 0.6 is 0 Å². The van der Waals surface area contributed by atoms with Gasteiger partial charge in [-0.05, 0) is 30.0 Å². The maximum absolute atomic E-state index is 11.4. The number of ether oxygens (including phenoxy) is 1. The molecule has 25 heavy (non-hydrogen) atoms. The molecule has 0 aliphatic rings. The molecule has 0 saturated carbocycles. The third-order valence-electron chi connectivity index (χ3n) is 5.23. The number of carbonyl (C=O) groups excluding carboxylic acids is 1. The van der Waals surface area contributed by atoms with Gasteiger partial charge in [0.1, 0.15) is 23.4 Å². The maximum atomic E-state index is 11.4. The van der Waals surface area contributed by atoms with Crippen molar-refractivity contribution < 1.29 is 19.1 Å². The summed E-state index contributed by atoms with van der Waals surface area (Å²) in [6.07, 6.45) is 2.33. The molecule has 0 aliphatic carbocycles. The van der Waals surface area contributed by atoms with E-state index < -0.39 is 11.5 Å². The van der Waals surface area contributed by atoms with Gasteiger partial charge in [0.15, 0.2) is 0 Å². The average Bonchev–Trinajstić information content (AvgIpc) is 2.90. The Bertz CT molecular complexity index is 740. The molecule has 0 spiro atoms. The molecular formula is C21H30O4. The van der Waals surface area contributed by atoms with E-state index >= 15 is 0 Å². The van der Waals surface area contributed by atoms with E-state index in [1.807, 2.05) is 32.0 Å². The minimum atomic E-state index is -0.516. The number of benzene rings is 1. The van der Waals surface area contributed by atoms with Crippen LogP contribution in [0.1, 0.15) is 52.4 Å². The molecule has 1 unspecified atom stereocenters. The average molecular weight is 346 g/mol. The molecule has 1 heterocycles. The lowest BCUT2D eigenvalue weighted by molar-refractivity contribution is -0.114. The first-order valence-electron chi connectivity index (χ1n) is 8.86. The van der Waals surface area contributed by atoms with E-state index in [1.165, 1.54) is 0 Å². The molecular weight excluding hydrogens is 316 g/mol. The third kappa shape index (κ3) is 4.24. The number of hydrogen-bond donors (Lipinski definition) is 1. The summed E-state index contributed by atoms with van der Waals surface area (Å²) in [6.45, 7) is 10.00. The fourth-order valence-electron chi connectivity index (χ4n) is 2.83. The molecule has 1 aromatic heterocycles. The normalized spacial score (nSPS) is 13.9. The minimum Gasteiger partial charge on any atom is -0.497 e. The van der Waals surface area contributed by atoms with Crippen LogP contribution in [0.25, 0.3) is 11.0 Å². The van der Waals surface area contributed by atoms with Crippen molar-refractivity contribution in [2.75, 3.05) is 7.11 Å². The number of hydrogen-bond acceptors (Lipinski definition) is 4. The summed E-state index contributed by atoms with van der Waals surface area (Å²) in [6, 6.07) is 5.68. The highest BCUT2D eigenvalue weighted by Gasteiger charge is 2.30. The number of aliphatic hydroxyl groups excluding tert-OH is 1. The van der Waals surface area contributed by atoms with E-state index in [0.29, 0.717) is 12.8 Å². The Labute approximate surface area is 150 Å². The van der Waals surface area contributed by atoms with E-state index in [4.69, 9.17) is 9.15 Å². The number of fused-ring (bicyclic) bond motifs is 1. The van der Waals surface area contributed by atoms with Gasteiger partial charge in [-0.3, -0.25) is 0 Å². The van der Waals surface area contributed by atoms with Crippen molar-refractivity contribution in [3.05, 3.63) is 29.5 Å². The van der Waals surface area contributed by atoms with E-state index in [-0.39, 0.29) is 5.41 Å². The van der Waals surface area contributed by atoms with Gasteiger partial charge in [-0.25, -0.2) is 0 Å². The van der Waals surface area contributed by atoms with Crippen LogP contribution < -0.4 is 4.74 Å². The third-order valence-corrected chi connectivity index (χ3v) is 5.23. The summed E-state index contributed by atoms with van der Waals surface area (Å²) >= 11 is 0. The fourth-order valence-corrected chi connectivity index (χ4v) is 2.83. The smallest absolute Gasteiger partial charge is 0.134 e. The van der Waals surface area contributed by atoms with Gasteiger partial charge < -0.3 is 19.1 Å². The number of furan rings is 1. The Morgan fingerprint density at radius 3 is 2.52 bits per heavy atom. The Balaban J connectivity index is 2.53. The van der Waals surface area contributed by atoms with Gasteiger partial charge in [0.2, 0.25) is 0 Å². The second kappa shape index (κ2) is 7.20. The lowest BCUT2D eigenvalue weighted by atomic mass is 9.80. The van der Waals surface area contributed by atoms with Crippen LogP contribution in [-0.2, 0) is 17.6 Å². The molecule has 0 radical (unpaired) electrons. The van der Waals surface area contributed by atoms with Crippen LogP contribution in [0, 0.1) is 10.8 Å². The van der Waals surface area contributed by atoms with Crippen molar-refractivity contribution in [1.82, 2.24) is 0 Å². The Morgan fingerprint density at radius 1 is 1.28 bits per heavy atom. The molecule has 0 aliphatic heterocycles. The summed E-state index contributed by atoms with van der Waals surface area (Å²) in [5.41, 5.74) is 1.02. The predicted molar refractivity (Wildman–Crippen MR) is 100 cm³/mol. The van der Waals surface area contributed by atoms with Gasteiger partial charge >= 0.3 is 0 Å². The molecule has 0 bridgehead atoms. The first-order valence-corrected chi connectivity index (χ1v) is 8.86. The van der Waals surface area contributed by atoms with E-state index in [2.05, 4.69) is 20.8 Å². The van der Waals surface area contributed by atoms with E-state index in [0.717, 1.165) is 40.7 Å². The molecule has 1 atom stereocenters. The molecule has 0 saturated heterocycles. The molecule has 2 rings (SSSR count). The van der Waals surface area contributed by atoms with Gasteiger partial charge in [0.05, 0.1) is 13.2 Å². The Hall–Kier alpha value is -1.81. The lowest BCUT2D eigenvalue weighted by Crippen LogP contribution is -2.31. The molecule has 4 heteroatoms. The molecule has 1 aromatic carbocycles. The van der Waals surface area contributed by atoms with Crippen molar-refractivity contribution >= 4 is 17.3 Å². The number of carbonyl (C=O) groups is 1. The topological polar surface area (TPSA) is 59.7 Å². The second-order valence-electron chi connectivity index (χ2n) is 8.21. The maximum Gasteiger partial charge on any atom is 0.134 e. The predicted octanol–water partition coefficient (Wildman–Crippen LogP) is 4.55. The monoisotopic (exact) mass is 346 g/mol. The number of aliphatic hydroxyl groups is 1. The van der Waals surface area contributed by atoms with Crippen LogP contribution in [0.5, 0.6) is 5.75 Å². The quantitative estimate of drug-likeness (QED) is 0.713. The molecule has 138 valence electrons. The highest BCUT2D eigenvalue weighted by molar-refractivity contribution is 5.84. The molecule has 0 amide bonds. The van der Waals surface area contributed by atoms with Crippen molar-refractivity contribution in [1.29, 1.82) is 0 Å². The van der Waals surface area contributed by atoms with Crippen molar-refractivity contribution in [3.8, 4) is 5.75 Å². The number of aldehydes is 1. The summed E-state index contributed by atoms with van der Waals surface area (Å²) in [7, 11) is 1.63. The van der Waals surface area contributed by atoms with Crippen LogP contribution in [-0.4, -0.2) is 24.6 Å². The number of methoxy groups -OCH3 is 1. The van der Waals surface area contributed by atoms with Crippen molar-refractivity contribution in [2.24, 2.45) is 10.8 Å². The van der Waals surface area contributed by atoms with Crippen LogP contribution in [0.2, 0.25) is 0 Å².